The van der Waals surface area contributed by atoms with E-state index in [1.165, 1.54) is 5.69 Å². The first-order valence-corrected chi connectivity index (χ1v) is 14.7. The van der Waals surface area contributed by atoms with Crippen LogP contribution >= 0.6 is 0 Å². The fraction of sp³-hybridized carbons (Fsp3) is 0.270. The Morgan fingerprint density at radius 1 is 0.854 bits per heavy atom. The summed E-state index contributed by atoms with van der Waals surface area (Å²) < 4.78 is 7.07. The van der Waals surface area contributed by atoms with Gasteiger partial charge in [0.25, 0.3) is 0 Å². The number of aryl methyl sites for hydroxylation is 1. The quantitative estimate of drug-likeness (QED) is 0.129. The molecule has 0 spiro atoms. The van der Waals surface area contributed by atoms with Gasteiger partial charge in [-0.05, 0) is 86.3 Å². The lowest BCUT2D eigenvalue weighted by Crippen LogP contribution is -2.24. The summed E-state index contributed by atoms with van der Waals surface area (Å²) in [6.07, 6.45) is 9.87. The van der Waals surface area contributed by atoms with Crippen molar-refractivity contribution in [3.63, 3.8) is 0 Å². The predicted molar refractivity (Wildman–Crippen MR) is 174 cm³/mol. The second-order valence-corrected chi connectivity index (χ2v) is 9.87. The number of pyridine rings is 1. The number of hydrogen-bond donors (Lipinski definition) is 0. The Balaban J connectivity index is 0.000000354. The summed E-state index contributed by atoms with van der Waals surface area (Å²) >= 11 is 0. The summed E-state index contributed by atoms with van der Waals surface area (Å²) in [6, 6.07) is 30.3. The fourth-order valence-electron chi connectivity index (χ4n) is 4.76. The number of benzene rings is 2. The molecule has 0 fully saturated rings. The molecule has 0 atom stereocenters. The SMILES string of the molecule is C=CC.CCCN(CCC)c1ccc(C(=O)c2c(-c3ccccc3)cc3ccccn23)cc1.CCCc1ccco1. The molecule has 0 unspecified atom stereocenters. The Kier molecular flexibility index (Phi) is 12.7. The van der Waals surface area contributed by atoms with Crippen molar-refractivity contribution in [1.29, 1.82) is 0 Å². The monoisotopic (exact) mass is 548 g/mol. The van der Waals surface area contributed by atoms with Crippen LogP contribution in [0.25, 0.3) is 16.6 Å². The average Bonchev–Trinajstić information content (AvgIpc) is 3.66. The van der Waals surface area contributed by atoms with Gasteiger partial charge in [-0.1, -0.05) is 63.2 Å². The molecule has 0 saturated heterocycles. The van der Waals surface area contributed by atoms with Gasteiger partial charge in [0.2, 0.25) is 5.78 Å². The molecule has 0 N–H and O–H groups in total. The van der Waals surface area contributed by atoms with E-state index in [4.69, 9.17) is 4.42 Å². The minimum Gasteiger partial charge on any atom is -0.469 e. The van der Waals surface area contributed by atoms with E-state index in [0.29, 0.717) is 11.3 Å². The van der Waals surface area contributed by atoms with Crippen molar-refractivity contribution in [1.82, 2.24) is 4.40 Å². The zero-order chi connectivity index (χ0) is 29.5. The van der Waals surface area contributed by atoms with Crippen LogP contribution in [0.2, 0.25) is 0 Å². The molecular weight excluding hydrogens is 504 g/mol. The lowest BCUT2D eigenvalue weighted by Gasteiger charge is -2.23. The lowest BCUT2D eigenvalue weighted by molar-refractivity contribution is 0.103. The van der Waals surface area contributed by atoms with Crippen molar-refractivity contribution in [3.05, 3.63) is 133 Å². The van der Waals surface area contributed by atoms with Crippen LogP contribution in [-0.2, 0) is 6.42 Å². The number of fused-ring (bicyclic) bond motifs is 1. The molecule has 4 heteroatoms. The van der Waals surface area contributed by atoms with E-state index in [2.05, 4.69) is 62.6 Å². The number of carbonyl (C=O) groups is 1. The highest BCUT2D eigenvalue weighted by atomic mass is 16.3. The van der Waals surface area contributed by atoms with Crippen LogP contribution in [0.1, 0.15) is 68.8 Å². The maximum absolute atomic E-state index is 13.6. The van der Waals surface area contributed by atoms with E-state index in [0.717, 1.165) is 61.2 Å². The van der Waals surface area contributed by atoms with Crippen LogP contribution in [0, 0.1) is 0 Å². The molecule has 0 amide bonds. The summed E-state index contributed by atoms with van der Waals surface area (Å²) in [5, 5.41) is 0. The Bertz CT molecular complexity index is 1440. The second-order valence-electron chi connectivity index (χ2n) is 9.87. The van der Waals surface area contributed by atoms with Crippen LogP contribution < -0.4 is 4.90 Å². The van der Waals surface area contributed by atoms with Gasteiger partial charge in [0.05, 0.1) is 6.26 Å². The highest BCUT2D eigenvalue weighted by molar-refractivity contribution is 6.13. The van der Waals surface area contributed by atoms with Gasteiger partial charge in [0.1, 0.15) is 11.5 Å². The molecule has 0 radical (unpaired) electrons. The molecule has 2 aromatic carbocycles. The largest absolute Gasteiger partial charge is 0.469 e. The number of allylic oxidation sites excluding steroid dienone is 1. The minimum atomic E-state index is 0.0455. The van der Waals surface area contributed by atoms with Gasteiger partial charge in [-0.25, -0.2) is 0 Å². The van der Waals surface area contributed by atoms with Gasteiger partial charge in [-0.3, -0.25) is 4.79 Å². The zero-order valence-electron chi connectivity index (χ0n) is 25.1. The molecule has 0 aliphatic heterocycles. The normalized spacial score (nSPS) is 10.2. The van der Waals surface area contributed by atoms with Crippen molar-refractivity contribution in [2.24, 2.45) is 0 Å². The number of furan rings is 1. The van der Waals surface area contributed by atoms with Crippen molar-refractivity contribution in [2.45, 2.75) is 53.4 Å². The van der Waals surface area contributed by atoms with Gasteiger partial charge in [0, 0.05) is 48.0 Å². The molecule has 4 nitrogen and oxygen atoms in total. The number of ketones is 1. The van der Waals surface area contributed by atoms with Gasteiger partial charge in [-0.2, -0.15) is 0 Å². The highest BCUT2D eigenvalue weighted by Gasteiger charge is 2.20. The Labute approximate surface area is 246 Å². The summed E-state index contributed by atoms with van der Waals surface area (Å²) in [7, 11) is 0. The van der Waals surface area contributed by atoms with Gasteiger partial charge in [-0.15, -0.1) is 6.58 Å². The fourth-order valence-corrected chi connectivity index (χ4v) is 4.76. The van der Waals surface area contributed by atoms with Crippen molar-refractivity contribution in [2.75, 3.05) is 18.0 Å². The number of rotatable bonds is 10. The molecule has 3 aromatic heterocycles. The number of anilines is 1. The maximum atomic E-state index is 13.6. The molecule has 214 valence electrons. The number of hydrogen-bond acceptors (Lipinski definition) is 3. The van der Waals surface area contributed by atoms with Crippen molar-refractivity contribution >= 4 is 17.0 Å². The Hall–Kier alpha value is -4.31. The van der Waals surface area contributed by atoms with E-state index in [9.17, 15) is 4.79 Å². The molecular formula is C37H44N2O2. The Morgan fingerprint density at radius 2 is 1.51 bits per heavy atom. The lowest BCUT2D eigenvalue weighted by atomic mass is 10.00. The third kappa shape index (κ3) is 8.59. The highest BCUT2D eigenvalue weighted by Crippen LogP contribution is 2.30. The van der Waals surface area contributed by atoms with E-state index >= 15 is 0 Å². The first kappa shape index (κ1) is 31.2. The van der Waals surface area contributed by atoms with Crippen molar-refractivity contribution in [3.8, 4) is 11.1 Å². The van der Waals surface area contributed by atoms with Crippen LogP contribution in [0.3, 0.4) is 0 Å². The average molecular weight is 549 g/mol. The second kappa shape index (κ2) is 16.7. The van der Waals surface area contributed by atoms with E-state index < -0.39 is 0 Å². The van der Waals surface area contributed by atoms with Gasteiger partial charge in [0.15, 0.2) is 0 Å². The number of carbonyl (C=O) groups excluding carboxylic acids is 1. The van der Waals surface area contributed by atoms with Crippen LogP contribution in [-0.4, -0.2) is 23.3 Å². The van der Waals surface area contributed by atoms with Gasteiger partial charge >= 0.3 is 0 Å². The maximum Gasteiger partial charge on any atom is 0.210 e. The first-order valence-electron chi connectivity index (χ1n) is 14.7. The van der Waals surface area contributed by atoms with Crippen molar-refractivity contribution < 1.29 is 9.21 Å². The molecule has 0 aliphatic rings. The van der Waals surface area contributed by atoms with Crippen LogP contribution in [0.15, 0.2) is 121 Å². The van der Waals surface area contributed by atoms with E-state index in [1.807, 2.05) is 78.2 Å². The molecule has 0 bridgehead atoms. The van der Waals surface area contributed by atoms with Crippen LogP contribution in [0.4, 0.5) is 5.69 Å². The molecule has 0 aliphatic carbocycles. The summed E-state index contributed by atoms with van der Waals surface area (Å²) in [5.41, 5.74) is 5.65. The van der Waals surface area contributed by atoms with E-state index in [-0.39, 0.29) is 5.78 Å². The minimum absolute atomic E-state index is 0.0455. The van der Waals surface area contributed by atoms with Crippen LogP contribution in [0.5, 0.6) is 0 Å². The number of nitrogens with zero attached hydrogens (tertiary/aromatic N) is 2. The Morgan fingerprint density at radius 3 is 2.10 bits per heavy atom. The molecule has 3 heterocycles. The molecule has 41 heavy (non-hydrogen) atoms. The summed E-state index contributed by atoms with van der Waals surface area (Å²) in [4.78, 5) is 16.0. The predicted octanol–water partition coefficient (Wildman–Crippen LogP) is 9.89. The topological polar surface area (TPSA) is 37.9 Å². The summed E-state index contributed by atoms with van der Waals surface area (Å²) in [5.74, 6) is 1.14. The third-order valence-corrected chi connectivity index (χ3v) is 6.54. The molecule has 0 saturated carbocycles. The zero-order valence-corrected chi connectivity index (χ0v) is 25.1. The first-order chi connectivity index (χ1) is 20.1. The third-order valence-electron chi connectivity index (χ3n) is 6.54. The number of aromatic nitrogens is 1. The molecule has 5 rings (SSSR count). The standard InChI is InChI=1S/C27H28N2O.C7H10O.C3H6/c1-3-17-28(18-4-2)23-15-13-22(14-16-23)27(30)26-25(21-10-6-5-7-11-21)20-24-12-8-9-19-29(24)26;1-2-4-7-5-3-6-8-7;1-3-2/h5-16,19-20H,3-4,17-18H2,1-2H3;3,5-6H,2,4H2,1H3;3H,1H2,2H3. The smallest absolute Gasteiger partial charge is 0.210 e. The molecule has 5 aromatic rings. The van der Waals surface area contributed by atoms with Gasteiger partial charge < -0.3 is 13.7 Å². The van der Waals surface area contributed by atoms with E-state index in [1.54, 1.807) is 12.3 Å². The summed E-state index contributed by atoms with van der Waals surface area (Å²) in [6.45, 7) is 13.8.